The summed E-state index contributed by atoms with van der Waals surface area (Å²) >= 11 is 0. The molecule has 2 aromatic rings. The van der Waals surface area contributed by atoms with Crippen molar-refractivity contribution in [2.24, 2.45) is 0 Å². The van der Waals surface area contributed by atoms with Gasteiger partial charge in [0.15, 0.2) is 11.6 Å². The van der Waals surface area contributed by atoms with E-state index >= 15 is 0 Å². The van der Waals surface area contributed by atoms with Gasteiger partial charge in [-0.2, -0.15) is 13.9 Å². The third kappa shape index (κ3) is 2.38. The monoisotopic (exact) mass is 280 g/mol. The fraction of sp³-hybridized carbons (Fsp3) is 0.308. The molecule has 0 atom stereocenters. The number of ketones is 1. The Morgan fingerprint density at radius 3 is 2.55 bits per heavy atom. The van der Waals surface area contributed by atoms with Crippen LogP contribution in [0.1, 0.15) is 35.5 Å². The molecule has 0 saturated carbocycles. The van der Waals surface area contributed by atoms with Gasteiger partial charge >= 0.3 is 0 Å². The third-order valence-corrected chi connectivity index (χ3v) is 2.90. The van der Waals surface area contributed by atoms with Crippen molar-refractivity contribution in [1.29, 1.82) is 0 Å². The molecule has 2 N–H and O–H groups in total. The molecule has 0 aliphatic carbocycles. The summed E-state index contributed by atoms with van der Waals surface area (Å²) in [5.74, 6) is -3.32. The van der Waals surface area contributed by atoms with Crippen molar-refractivity contribution in [1.82, 2.24) is 14.8 Å². The Kier molecular flexibility index (Phi) is 3.29. The highest BCUT2D eigenvalue weighted by Crippen LogP contribution is 2.31. The van der Waals surface area contributed by atoms with Crippen LogP contribution in [-0.4, -0.2) is 20.5 Å². The van der Waals surface area contributed by atoms with Crippen LogP contribution in [0.5, 0.6) is 0 Å². The van der Waals surface area contributed by atoms with Crippen LogP contribution < -0.4 is 5.73 Å². The largest absolute Gasteiger partial charge is 0.383 e. The van der Waals surface area contributed by atoms with Gasteiger partial charge in [0.25, 0.3) is 5.92 Å². The number of aryl methyl sites for hydroxylation is 1. The van der Waals surface area contributed by atoms with Gasteiger partial charge in [-0.1, -0.05) is 6.07 Å². The fourth-order valence-electron chi connectivity index (χ4n) is 1.85. The van der Waals surface area contributed by atoms with E-state index in [2.05, 4.69) is 10.1 Å². The molecule has 0 spiro atoms. The Bertz CT molecular complexity index is 673. The minimum Gasteiger partial charge on any atom is -0.383 e. The van der Waals surface area contributed by atoms with Crippen LogP contribution in [0.4, 0.5) is 14.6 Å². The normalized spacial score (nSPS) is 11.7. The minimum atomic E-state index is -3.22. The molecule has 0 saturated heterocycles. The lowest BCUT2D eigenvalue weighted by atomic mass is 10.1. The van der Waals surface area contributed by atoms with Crippen molar-refractivity contribution in [2.45, 2.75) is 26.7 Å². The summed E-state index contributed by atoms with van der Waals surface area (Å²) in [4.78, 5) is 15.5. The van der Waals surface area contributed by atoms with Crippen LogP contribution >= 0.6 is 0 Å². The number of carbonyl (C=O) groups excluding carboxylic acids is 1. The van der Waals surface area contributed by atoms with Crippen LogP contribution in [0.3, 0.4) is 0 Å². The van der Waals surface area contributed by atoms with E-state index in [0.29, 0.717) is 6.92 Å². The first-order valence-corrected chi connectivity index (χ1v) is 5.92. The number of anilines is 1. The molecule has 2 heterocycles. The smallest absolute Gasteiger partial charge is 0.287 e. The second kappa shape index (κ2) is 4.66. The number of nitrogen functional groups attached to an aromatic ring is 1. The molecular formula is C13H14F2N4O. The Morgan fingerprint density at radius 1 is 1.40 bits per heavy atom. The number of alkyl halides is 2. The topological polar surface area (TPSA) is 73.8 Å². The van der Waals surface area contributed by atoms with E-state index in [1.54, 1.807) is 13.0 Å². The van der Waals surface area contributed by atoms with E-state index in [4.69, 9.17) is 5.73 Å². The van der Waals surface area contributed by atoms with E-state index in [9.17, 15) is 13.6 Å². The molecular weight excluding hydrogens is 266 g/mol. The molecule has 0 radical (unpaired) electrons. The van der Waals surface area contributed by atoms with Gasteiger partial charge in [0.05, 0.1) is 11.8 Å². The predicted molar refractivity (Wildman–Crippen MR) is 70.1 cm³/mol. The van der Waals surface area contributed by atoms with E-state index in [1.165, 1.54) is 13.0 Å². The molecule has 0 bridgehead atoms. The predicted octanol–water partition coefficient (Wildman–Crippen LogP) is 2.47. The summed E-state index contributed by atoms with van der Waals surface area (Å²) in [5.41, 5.74) is 5.80. The number of halogens is 2. The average molecular weight is 280 g/mol. The Morgan fingerprint density at radius 2 is 2.05 bits per heavy atom. The number of nitrogens with zero attached hydrogens (tertiary/aromatic N) is 3. The second-order valence-corrected chi connectivity index (χ2v) is 4.63. The summed E-state index contributed by atoms with van der Waals surface area (Å²) in [6.45, 7) is 3.68. The number of rotatable bonds is 3. The first kappa shape index (κ1) is 14.1. The zero-order valence-electron chi connectivity index (χ0n) is 11.3. The van der Waals surface area contributed by atoms with Crippen molar-refractivity contribution in [2.75, 3.05) is 5.73 Å². The average Bonchev–Trinajstić information content (AvgIpc) is 2.77. The van der Waals surface area contributed by atoms with Gasteiger partial charge in [0.2, 0.25) is 0 Å². The maximum atomic E-state index is 13.8. The molecule has 7 heteroatoms. The van der Waals surface area contributed by atoms with Crippen LogP contribution in [0.25, 0.3) is 5.82 Å². The standard InChI is InChI=1S/C13H14F2N4O/c1-7-4-5-10(18-12(7)16)19-11(13(3,14)15)9(6-17-19)8(2)20/h4-6H,1-3H3,(H2,16,18). The summed E-state index contributed by atoms with van der Waals surface area (Å²) in [6.07, 6.45) is 1.12. The lowest BCUT2D eigenvalue weighted by Gasteiger charge is -2.15. The second-order valence-electron chi connectivity index (χ2n) is 4.63. The first-order valence-electron chi connectivity index (χ1n) is 5.92. The maximum Gasteiger partial charge on any atom is 0.287 e. The molecule has 20 heavy (non-hydrogen) atoms. The van der Waals surface area contributed by atoms with Gasteiger partial charge in [0.1, 0.15) is 11.5 Å². The minimum absolute atomic E-state index is 0.126. The van der Waals surface area contributed by atoms with Gasteiger partial charge in [-0.3, -0.25) is 4.79 Å². The van der Waals surface area contributed by atoms with Crippen molar-refractivity contribution in [3.63, 3.8) is 0 Å². The summed E-state index contributed by atoms with van der Waals surface area (Å²) < 4.78 is 28.5. The van der Waals surface area contributed by atoms with Gasteiger partial charge in [0, 0.05) is 6.92 Å². The van der Waals surface area contributed by atoms with E-state index in [1.807, 2.05) is 0 Å². The molecule has 0 aromatic carbocycles. The highest BCUT2D eigenvalue weighted by Gasteiger charge is 2.35. The van der Waals surface area contributed by atoms with Crippen molar-refractivity contribution < 1.29 is 13.6 Å². The number of Topliss-reactive ketones (excluding diaryl/α,β-unsaturated/α-hetero) is 1. The third-order valence-electron chi connectivity index (χ3n) is 2.90. The molecule has 106 valence electrons. The zero-order chi connectivity index (χ0) is 15.1. The van der Waals surface area contributed by atoms with Crippen molar-refractivity contribution in [3.8, 4) is 5.82 Å². The Balaban J connectivity index is 2.68. The lowest BCUT2D eigenvalue weighted by Crippen LogP contribution is -2.19. The number of aromatic nitrogens is 3. The highest BCUT2D eigenvalue weighted by molar-refractivity contribution is 5.95. The molecule has 2 aromatic heterocycles. The van der Waals surface area contributed by atoms with Crippen LogP contribution in [0.2, 0.25) is 0 Å². The lowest BCUT2D eigenvalue weighted by molar-refractivity contribution is 0.00922. The van der Waals surface area contributed by atoms with Gasteiger partial charge < -0.3 is 5.73 Å². The number of carbonyl (C=O) groups is 1. The zero-order valence-corrected chi connectivity index (χ0v) is 11.3. The highest BCUT2D eigenvalue weighted by atomic mass is 19.3. The van der Waals surface area contributed by atoms with Crippen LogP contribution in [0.15, 0.2) is 18.3 Å². The molecule has 2 rings (SSSR count). The molecule has 0 aliphatic rings. The summed E-state index contributed by atoms with van der Waals surface area (Å²) in [7, 11) is 0. The van der Waals surface area contributed by atoms with E-state index in [0.717, 1.165) is 16.4 Å². The summed E-state index contributed by atoms with van der Waals surface area (Å²) in [5, 5.41) is 3.84. The summed E-state index contributed by atoms with van der Waals surface area (Å²) in [6, 6.07) is 3.18. The first-order chi connectivity index (χ1) is 9.21. The van der Waals surface area contributed by atoms with Crippen molar-refractivity contribution in [3.05, 3.63) is 35.2 Å². The van der Waals surface area contributed by atoms with Crippen LogP contribution in [0, 0.1) is 6.92 Å². The van der Waals surface area contributed by atoms with Gasteiger partial charge in [-0.25, -0.2) is 9.67 Å². The Hall–Kier alpha value is -2.31. The van der Waals surface area contributed by atoms with Crippen molar-refractivity contribution >= 4 is 11.6 Å². The van der Waals surface area contributed by atoms with E-state index in [-0.39, 0.29) is 17.2 Å². The fourth-order valence-corrected chi connectivity index (χ4v) is 1.85. The van der Waals surface area contributed by atoms with Gasteiger partial charge in [-0.15, -0.1) is 0 Å². The number of pyridine rings is 1. The number of nitrogens with two attached hydrogens (primary N) is 1. The molecule has 0 fully saturated rings. The molecule has 5 nitrogen and oxygen atoms in total. The van der Waals surface area contributed by atoms with E-state index < -0.39 is 17.4 Å². The SMILES string of the molecule is CC(=O)c1cnn(-c2ccc(C)c(N)n2)c1C(C)(F)F. The molecule has 0 unspecified atom stereocenters. The van der Waals surface area contributed by atoms with Gasteiger partial charge in [-0.05, 0) is 25.5 Å². The number of hydrogen-bond acceptors (Lipinski definition) is 4. The number of hydrogen-bond donors (Lipinski definition) is 1. The quantitative estimate of drug-likeness (QED) is 0.876. The maximum absolute atomic E-state index is 13.8. The molecule has 0 amide bonds. The van der Waals surface area contributed by atoms with Crippen LogP contribution in [-0.2, 0) is 5.92 Å². The molecule has 0 aliphatic heterocycles. The Labute approximate surface area is 114 Å².